The van der Waals surface area contributed by atoms with Gasteiger partial charge >= 0.3 is 0 Å². The minimum atomic E-state index is -0.102. The normalized spacial score (nSPS) is 9.46. The van der Waals surface area contributed by atoms with Gasteiger partial charge in [-0.3, -0.25) is 15.6 Å². The molecule has 0 aliphatic rings. The van der Waals surface area contributed by atoms with Crippen LogP contribution in [0.1, 0.15) is 10.4 Å². The number of aromatic nitrogens is 1. The van der Waals surface area contributed by atoms with E-state index >= 15 is 0 Å². The van der Waals surface area contributed by atoms with Crippen molar-refractivity contribution in [1.82, 2.24) is 9.88 Å². The Morgan fingerprint density at radius 1 is 1.62 bits per heavy atom. The molecule has 0 spiro atoms. The Morgan fingerprint density at radius 3 is 2.85 bits per heavy atom. The molecule has 1 amide bonds. The Bertz CT molecular complexity index is 311. The molecule has 0 unspecified atom stereocenters. The van der Waals surface area contributed by atoms with Gasteiger partial charge in [-0.15, -0.1) is 0 Å². The van der Waals surface area contributed by atoms with Crippen molar-refractivity contribution in [3.05, 3.63) is 24.0 Å². The molecular weight excluding hydrogens is 168 g/mol. The average molecular weight is 180 g/mol. The molecule has 1 aromatic rings. The van der Waals surface area contributed by atoms with Crippen LogP contribution in [0.15, 0.2) is 18.5 Å². The molecule has 0 saturated carbocycles. The zero-order valence-corrected chi connectivity index (χ0v) is 7.61. The molecule has 1 aromatic heterocycles. The lowest BCUT2D eigenvalue weighted by Gasteiger charge is -2.12. The number of nitrogens with zero attached hydrogens (tertiary/aromatic N) is 2. The van der Waals surface area contributed by atoms with Gasteiger partial charge in [-0.25, -0.2) is 0 Å². The van der Waals surface area contributed by atoms with E-state index in [1.165, 1.54) is 11.1 Å². The van der Waals surface area contributed by atoms with E-state index < -0.39 is 0 Å². The van der Waals surface area contributed by atoms with Crippen molar-refractivity contribution < 1.29 is 4.79 Å². The highest BCUT2D eigenvalue weighted by Crippen LogP contribution is 2.12. The number of hydrogen-bond donors (Lipinski definition) is 2. The van der Waals surface area contributed by atoms with Crippen LogP contribution < -0.4 is 11.3 Å². The predicted octanol–water partition coefficient (Wildman–Crippen LogP) is 0.0690. The fraction of sp³-hybridized carbons (Fsp3) is 0.250. The Morgan fingerprint density at radius 2 is 2.31 bits per heavy atom. The molecule has 70 valence electrons. The number of nitrogens with two attached hydrogens (primary N) is 1. The Balaban J connectivity index is 3.06. The third-order valence-corrected chi connectivity index (χ3v) is 1.61. The fourth-order valence-corrected chi connectivity index (χ4v) is 0.937. The zero-order valence-electron chi connectivity index (χ0n) is 7.61. The molecular formula is C8H12N4O. The van der Waals surface area contributed by atoms with E-state index in [2.05, 4.69) is 10.4 Å². The van der Waals surface area contributed by atoms with Gasteiger partial charge in [-0.05, 0) is 6.07 Å². The second-order valence-corrected chi connectivity index (χ2v) is 2.77. The Labute approximate surface area is 76.5 Å². The van der Waals surface area contributed by atoms with Gasteiger partial charge in [0, 0.05) is 20.3 Å². The largest absolute Gasteiger partial charge is 0.345 e. The van der Waals surface area contributed by atoms with E-state index in [1.54, 1.807) is 26.4 Å². The monoisotopic (exact) mass is 180 g/mol. The van der Waals surface area contributed by atoms with Gasteiger partial charge in [0.2, 0.25) is 0 Å². The van der Waals surface area contributed by atoms with Crippen molar-refractivity contribution in [2.24, 2.45) is 5.84 Å². The highest BCUT2D eigenvalue weighted by Gasteiger charge is 2.11. The third kappa shape index (κ3) is 1.94. The van der Waals surface area contributed by atoms with Gasteiger partial charge in [0.25, 0.3) is 5.91 Å². The highest BCUT2D eigenvalue weighted by molar-refractivity contribution is 5.98. The van der Waals surface area contributed by atoms with E-state index in [0.29, 0.717) is 11.3 Å². The van der Waals surface area contributed by atoms with E-state index in [1.807, 2.05) is 0 Å². The highest BCUT2D eigenvalue weighted by atomic mass is 16.2. The molecule has 0 aliphatic carbocycles. The smallest absolute Gasteiger partial charge is 0.255 e. The van der Waals surface area contributed by atoms with Crippen LogP contribution in [0.25, 0.3) is 0 Å². The van der Waals surface area contributed by atoms with Gasteiger partial charge in [0.15, 0.2) is 0 Å². The standard InChI is InChI=1S/C8H12N4O/c1-12(2)8(13)6-3-4-10-5-7(6)11-9/h3-5,11H,9H2,1-2H3. The summed E-state index contributed by atoms with van der Waals surface area (Å²) in [4.78, 5) is 16.9. The van der Waals surface area contributed by atoms with Crippen LogP contribution in [0.5, 0.6) is 0 Å². The first-order chi connectivity index (χ1) is 6.16. The summed E-state index contributed by atoms with van der Waals surface area (Å²) in [5, 5.41) is 0. The van der Waals surface area contributed by atoms with E-state index in [9.17, 15) is 4.79 Å². The zero-order chi connectivity index (χ0) is 9.84. The summed E-state index contributed by atoms with van der Waals surface area (Å²) in [6.45, 7) is 0. The third-order valence-electron chi connectivity index (χ3n) is 1.61. The second-order valence-electron chi connectivity index (χ2n) is 2.77. The molecule has 5 nitrogen and oxygen atoms in total. The summed E-state index contributed by atoms with van der Waals surface area (Å²) in [5.41, 5.74) is 3.47. The first kappa shape index (κ1) is 9.47. The molecule has 0 fully saturated rings. The average Bonchev–Trinajstić information content (AvgIpc) is 2.16. The molecule has 0 atom stereocenters. The van der Waals surface area contributed by atoms with Crippen molar-refractivity contribution in [2.75, 3.05) is 19.5 Å². The van der Waals surface area contributed by atoms with Gasteiger partial charge in [0.1, 0.15) is 0 Å². The van der Waals surface area contributed by atoms with Crippen LogP contribution in [0.2, 0.25) is 0 Å². The SMILES string of the molecule is CN(C)C(=O)c1ccncc1NN. The van der Waals surface area contributed by atoms with Crippen LogP contribution in [-0.4, -0.2) is 29.9 Å². The number of carbonyl (C=O) groups excluding carboxylic acids is 1. The molecule has 0 aliphatic heterocycles. The van der Waals surface area contributed by atoms with Gasteiger partial charge in [0.05, 0.1) is 17.4 Å². The lowest BCUT2D eigenvalue weighted by molar-refractivity contribution is 0.0828. The van der Waals surface area contributed by atoms with Crippen molar-refractivity contribution in [1.29, 1.82) is 0 Å². The molecule has 0 saturated heterocycles. The minimum absolute atomic E-state index is 0.102. The molecule has 3 N–H and O–H groups in total. The maximum Gasteiger partial charge on any atom is 0.255 e. The Hall–Kier alpha value is -1.62. The van der Waals surface area contributed by atoms with Crippen molar-refractivity contribution >= 4 is 11.6 Å². The van der Waals surface area contributed by atoms with E-state index in [0.717, 1.165) is 0 Å². The summed E-state index contributed by atoms with van der Waals surface area (Å²) in [7, 11) is 3.37. The summed E-state index contributed by atoms with van der Waals surface area (Å²) in [6.07, 6.45) is 3.06. The predicted molar refractivity (Wildman–Crippen MR) is 50.1 cm³/mol. The lowest BCUT2D eigenvalue weighted by atomic mass is 10.2. The molecule has 1 rings (SSSR count). The minimum Gasteiger partial charge on any atom is -0.345 e. The number of amides is 1. The number of carbonyl (C=O) groups is 1. The maximum atomic E-state index is 11.5. The summed E-state index contributed by atoms with van der Waals surface area (Å²) >= 11 is 0. The number of nitrogen functional groups attached to an aromatic ring is 1. The summed E-state index contributed by atoms with van der Waals surface area (Å²) in [6, 6.07) is 1.62. The number of nitrogens with one attached hydrogen (secondary N) is 1. The molecule has 5 heteroatoms. The molecule has 0 bridgehead atoms. The fourth-order valence-electron chi connectivity index (χ4n) is 0.937. The van der Waals surface area contributed by atoms with Crippen LogP contribution in [0.4, 0.5) is 5.69 Å². The quantitative estimate of drug-likeness (QED) is 0.499. The molecule has 1 heterocycles. The molecule has 0 radical (unpaired) electrons. The van der Waals surface area contributed by atoms with Crippen molar-refractivity contribution in [3.63, 3.8) is 0 Å². The van der Waals surface area contributed by atoms with Crippen LogP contribution in [0, 0.1) is 0 Å². The maximum absolute atomic E-state index is 11.5. The number of hydrogen-bond acceptors (Lipinski definition) is 4. The van der Waals surface area contributed by atoms with Crippen molar-refractivity contribution in [2.45, 2.75) is 0 Å². The van der Waals surface area contributed by atoms with E-state index in [4.69, 9.17) is 5.84 Å². The molecule has 0 aromatic carbocycles. The number of pyridine rings is 1. The van der Waals surface area contributed by atoms with Gasteiger partial charge < -0.3 is 10.3 Å². The van der Waals surface area contributed by atoms with Crippen LogP contribution >= 0.6 is 0 Å². The van der Waals surface area contributed by atoms with Gasteiger partial charge in [-0.2, -0.15) is 0 Å². The first-order valence-corrected chi connectivity index (χ1v) is 3.79. The van der Waals surface area contributed by atoms with Gasteiger partial charge in [-0.1, -0.05) is 0 Å². The first-order valence-electron chi connectivity index (χ1n) is 3.79. The summed E-state index contributed by atoms with van der Waals surface area (Å²) < 4.78 is 0. The topological polar surface area (TPSA) is 71.2 Å². The van der Waals surface area contributed by atoms with Crippen LogP contribution in [-0.2, 0) is 0 Å². The molecule has 13 heavy (non-hydrogen) atoms. The number of hydrazine groups is 1. The number of anilines is 1. The second kappa shape index (κ2) is 3.86. The number of rotatable bonds is 2. The van der Waals surface area contributed by atoms with Crippen LogP contribution in [0.3, 0.4) is 0 Å². The summed E-state index contributed by atoms with van der Waals surface area (Å²) in [5.74, 6) is 5.13. The Kier molecular flexibility index (Phi) is 2.81. The lowest BCUT2D eigenvalue weighted by Crippen LogP contribution is -2.24. The van der Waals surface area contributed by atoms with E-state index in [-0.39, 0.29) is 5.91 Å². The van der Waals surface area contributed by atoms with Crippen molar-refractivity contribution in [3.8, 4) is 0 Å².